The molecule has 1 heterocycles. The number of aromatic nitrogens is 1. The molecule has 0 fully saturated rings. The first-order chi connectivity index (χ1) is 16.1. The topological polar surface area (TPSA) is 81.0 Å². The van der Waals surface area contributed by atoms with E-state index in [-0.39, 0.29) is 0 Å². The number of ether oxygens (including phenoxy) is 1. The molecule has 0 saturated carbocycles. The summed E-state index contributed by atoms with van der Waals surface area (Å²) in [5.41, 5.74) is 11.8. The maximum Gasteiger partial charge on any atom is 0.249 e. The lowest BCUT2D eigenvalue weighted by atomic mass is 10.0. The molecule has 1 radical (unpaired) electrons. The van der Waals surface area contributed by atoms with Gasteiger partial charge in [0.2, 0.25) is 5.91 Å². The monoisotopic (exact) mass is 430 g/mol. The summed E-state index contributed by atoms with van der Waals surface area (Å²) in [7, 11) is 1.65. The molecule has 33 heavy (non-hydrogen) atoms. The van der Waals surface area contributed by atoms with Crippen LogP contribution >= 0.6 is 0 Å². The van der Waals surface area contributed by atoms with Gasteiger partial charge in [-0.2, -0.15) is 5.26 Å². The second-order valence-corrected chi connectivity index (χ2v) is 7.84. The van der Waals surface area contributed by atoms with Crippen molar-refractivity contribution in [3.63, 3.8) is 0 Å². The van der Waals surface area contributed by atoms with E-state index in [1.54, 1.807) is 13.2 Å². The van der Waals surface area contributed by atoms with Crippen LogP contribution in [-0.4, -0.2) is 17.6 Å². The van der Waals surface area contributed by atoms with Gasteiger partial charge < -0.3 is 15.0 Å². The molecule has 0 spiro atoms. The summed E-state index contributed by atoms with van der Waals surface area (Å²) >= 11 is 0. The maximum absolute atomic E-state index is 12.2. The normalized spacial score (nSPS) is 10.9. The lowest BCUT2D eigenvalue weighted by molar-refractivity contribution is 0.100. The highest BCUT2D eigenvalue weighted by atomic mass is 16.5. The van der Waals surface area contributed by atoms with Crippen molar-refractivity contribution in [1.82, 2.24) is 4.57 Å². The van der Waals surface area contributed by atoms with E-state index in [0.717, 1.165) is 44.2 Å². The molecular weight excluding hydrogens is 410 g/mol. The Morgan fingerprint density at radius 3 is 2.45 bits per heavy atom. The van der Waals surface area contributed by atoms with E-state index in [0.29, 0.717) is 17.7 Å². The average molecular weight is 430 g/mol. The molecule has 0 aliphatic carbocycles. The lowest BCUT2D eigenvalue weighted by Gasteiger charge is -2.10. The number of nitrogens with zero attached hydrogens (tertiary/aromatic N) is 2. The maximum atomic E-state index is 12.2. The minimum atomic E-state index is -0.467. The Hall–Kier alpha value is -4.56. The number of hydrogen-bond donors (Lipinski definition) is 1. The number of fused-ring (bicyclic) bond motifs is 3. The van der Waals surface area contributed by atoms with Gasteiger partial charge in [0, 0.05) is 22.9 Å². The zero-order valence-corrected chi connectivity index (χ0v) is 18.0. The summed E-state index contributed by atoms with van der Waals surface area (Å²) in [5, 5.41) is 10.8. The van der Waals surface area contributed by atoms with Crippen LogP contribution in [-0.2, 0) is 6.54 Å². The third-order valence-corrected chi connectivity index (χ3v) is 5.91. The van der Waals surface area contributed by atoms with Crippen molar-refractivity contribution < 1.29 is 9.53 Å². The molecule has 1 aromatic heterocycles. The number of nitriles is 1. The van der Waals surface area contributed by atoms with Gasteiger partial charge in [-0.25, -0.2) is 0 Å². The highest BCUT2D eigenvalue weighted by molar-refractivity contribution is 6.18. The third-order valence-electron chi connectivity index (χ3n) is 5.91. The van der Waals surface area contributed by atoms with Gasteiger partial charge in [0.1, 0.15) is 5.75 Å². The van der Waals surface area contributed by atoms with Crippen LogP contribution in [0, 0.1) is 17.4 Å². The minimum Gasteiger partial charge on any atom is -0.497 e. The third kappa shape index (κ3) is 3.58. The molecule has 0 saturated heterocycles. The summed E-state index contributed by atoms with van der Waals surface area (Å²) in [5.74, 6) is 0.329. The quantitative estimate of drug-likeness (QED) is 0.411. The van der Waals surface area contributed by atoms with E-state index in [9.17, 15) is 4.79 Å². The predicted octanol–water partition coefficient (Wildman–Crippen LogP) is 5.29. The van der Waals surface area contributed by atoms with Crippen LogP contribution in [0.1, 0.15) is 21.5 Å². The standard InChI is InChI=1S/C28H20N3O2/c1-33-22-12-9-20(10-13-22)21-11-14-23-26(15-21)31(17-19-7-5-18(16-29)6-8-19)25-4-2-3-24(27(23)25)28(30)32/h2-13,15H,17H2,1H3,(H2,30,32). The van der Waals surface area contributed by atoms with Crippen LogP contribution in [0.2, 0.25) is 0 Å². The van der Waals surface area contributed by atoms with Gasteiger partial charge in [0.25, 0.3) is 0 Å². The van der Waals surface area contributed by atoms with E-state index in [2.05, 4.69) is 22.8 Å². The highest BCUT2D eigenvalue weighted by Gasteiger charge is 2.17. The molecule has 159 valence electrons. The fourth-order valence-corrected chi connectivity index (χ4v) is 4.25. The van der Waals surface area contributed by atoms with E-state index >= 15 is 0 Å². The summed E-state index contributed by atoms with van der Waals surface area (Å²) < 4.78 is 7.45. The van der Waals surface area contributed by atoms with Crippen molar-refractivity contribution in [2.75, 3.05) is 7.11 Å². The van der Waals surface area contributed by atoms with Crippen molar-refractivity contribution in [1.29, 1.82) is 5.26 Å². The number of nitrogens with two attached hydrogens (primary N) is 1. The number of benzene rings is 4. The van der Waals surface area contributed by atoms with E-state index in [4.69, 9.17) is 15.7 Å². The van der Waals surface area contributed by atoms with Crippen molar-refractivity contribution in [3.05, 3.63) is 102 Å². The van der Waals surface area contributed by atoms with Crippen LogP contribution in [0.5, 0.6) is 5.75 Å². The van der Waals surface area contributed by atoms with Crippen molar-refractivity contribution in [2.24, 2.45) is 5.73 Å². The molecule has 5 heteroatoms. The van der Waals surface area contributed by atoms with Crippen molar-refractivity contribution in [2.45, 2.75) is 6.54 Å². The Kier molecular flexibility index (Phi) is 5.04. The number of methoxy groups -OCH3 is 1. The van der Waals surface area contributed by atoms with E-state index in [1.165, 1.54) is 0 Å². The first-order valence-electron chi connectivity index (χ1n) is 10.5. The summed E-state index contributed by atoms with van der Waals surface area (Å²) in [6.07, 6.45) is 0. The van der Waals surface area contributed by atoms with Gasteiger partial charge in [0.05, 0.1) is 29.8 Å². The summed E-state index contributed by atoms with van der Waals surface area (Å²) in [6, 6.07) is 30.6. The Morgan fingerprint density at radius 1 is 1.03 bits per heavy atom. The van der Waals surface area contributed by atoms with Crippen molar-refractivity contribution in [3.8, 4) is 22.9 Å². The zero-order chi connectivity index (χ0) is 22.9. The van der Waals surface area contributed by atoms with E-state index in [1.807, 2.05) is 66.7 Å². The van der Waals surface area contributed by atoms with Crippen LogP contribution in [0.25, 0.3) is 32.9 Å². The molecular formula is C28H20N3O2. The Labute approximate surface area is 191 Å². The van der Waals surface area contributed by atoms with Crippen LogP contribution in [0.15, 0.2) is 78.9 Å². The second-order valence-electron chi connectivity index (χ2n) is 7.84. The molecule has 0 atom stereocenters. The summed E-state index contributed by atoms with van der Waals surface area (Å²) in [4.78, 5) is 12.2. The number of primary amides is 1. The van der Waals surface area contributed by atoms with Gasteiger partial charge >= 0.3 is 0 Å². The molecule has 2 N–H and O–H groups in total. The molecule has 5 rings (SSSR count). The smallest absolute Gasteiger partial charge is 0.249 e. The fourth-order valence-electron chi connectivity index (χ4n) is 4.25. The first-order valence-corrected chi connectivity index (χ1v) is 10.5. The van der Waals surface area contributed by atoms with Gasteiger partial charge in [-0.05, 0) is 71.3 Å². The van der Waals surface area contributed by atoms with Gasteiger partial charge in [-0.15, -0.1) is 0 Å². The largest absolute Gasteiger partial charge is 0.497 e. The predicted molar refractivity (Wildman–Crippen MR) is 129 cm³/mol. The number of carbonyl (C=O) groups is 1. The zero-order valence-electron chi connectivity index (χ0n) is 18.0. The van der Waals surface area contributed by atoms with Gasteiger partial charge in [-0.3, -0.25) is 4.79 Å². The lowest BCUT2D eigenvalue weighted by Crippen LogP contribution is -2.11. The van der Waals surface area contributed by atoms with Crippen LogP contribution in [0.3, 0.4) is 0 Å². The minimum absolute atomic E-state index is 0.467. The number of amides is 1. The van der Waals surface area contributed by atoms with Crippen LogP contribution < -0.4 is 10.5 Å². The molecule has 5 aromatic rings. The Balaban J connectivity index is 1.74. The molecule has 0 unspecified atom stereocenters. The van der Waals surface area contributed by atoms with Crippen molar-refractivity contribution >= 4 is 27.7 Å². The molecule has 1 amide bonds. The molecule has 0 aliphatic rings. The van der Waals surface area contributed by atoms with Crippen LogP contribution in [0.4, 0.5) is 0 Å². The second kappa shape index (κ2) is 8.18. The molecule has 0 aliphatic heterocycles. The first kappa shape index (κ1) is 20.3. The SMILES string of the molecule is COc1ccc(-c2c[c]c3c4c(C(N)=O)cccc4n(Cc4ccc(C#N)cc4)c3c2)cc1. The van der Waals surface area contributed by atoms with Gasteiger partial charge in [-0.1, -0.05) is 30.3 Å². The van der Waals surface area contributed by atoms with Gasteiger partial charge in [0.15, 0.2) is 0 Å². The van der Waals surface area contributed by atoms with E-state index < -0.39 is 5.91 Å². The number of hydrogen-bond acceptors (Lipinski definition) is 3. The fraction of sp³-hybridized carbons (Fsp3) is 0.0714. The Bertz CT molecular complexity index is 1540. The molecule has 0 bridgehead atoms. The molecule has 4 aromatic carbocycles. The number of carbonyl (C=O) groups excluding carboxylic acids is 1. The highest BCUT2D eigenvalue weighted by Crippen LogP contribution is 2.35. The number of rotatable bonds is 5. The average Bonchev–Trinajstić information content (AvgIpc) is 3.17. The molecule has 5 nitrogen and oxygen atoms in total. The summed E-state index contributed by atoms with van der Waals surface area (Å²) in [6.45, 7) is 0.577. The Morgan fingerprint density at radius 2 is 1.79 bits per heavy atom.